The third kappa shape index (κ3) is 6.70. The molecule has 34 heavy (non-hydrogen) atoms. The van der Waals surface area contributed by atoms with Crippen molar-refractivity contribution in [2.24, 2.45) is 0 Å². The number of pyridine rings is 1. The van der Waals surface area contributed by atoms with E-state index in [0.717, 1.165) is 30.6 Å². The first kappa shape index (κ1) is 26.0. The average molecular weight is 507 g/mol. The summed E-state index contributed by atoms with van der Waals surface area (Å²) in [6.07, 6.45) is 4.44. The van der Waals surface area contributed by atoms with Gasteiger partial charge in [-0.15, -0.1) is 0 Å². The fourth-order valence-corrected chi connectivity index (χ4v) is 4.86. The zero-order chi connectivity index (χ0) is 24.7. The van der Waals surface area contributed by atoms with Crippen LogP contribution in [0, 0.1) is 6.92 Å². The molecule has 1 amide bonds. The topological polar surface area (TPSA) is 103 Å². The molecule has 2 heterocycles. The van der Waals surface area contributed by atoms with E-state index in [0.29, 0.717) is 48.0 Å². The summed E-state index contributed by atoms with van der Waals surface area (Å²) in [5.74, 6) is 0.557. The van der Waals surface area contributed by atoms with E-state index >= 15 is 0 Å². The van der Waals surface area contributed by atoms with Crippen molar-refractivity contribution in [3.8, 4) is 5.75 Å². The van der Waals surface area contributed by atoms with Gasteiger partial charge in [-0.25, -0.2) is 23.1 Å². The predicted molar refractivity (Wildman–Crippen MR) is 134 cm³/mol. The molecule has 0 aliphatic heterocycles. The van der Waals surface area contributed by atoms with Gasteiger partial charge in [-0.1, -0.05) is 50.8 Å². The van der Waals surface area contributed by atoms with Crippen molar-refractivity contribution >= 4 is 38.7 Å². The van der Waals surface area contributed by atoms with Gasteiger partial charge in [0, 0.05) is 5.02 Å². The Labute approximate surface area is 205 Å². The molecule has 0 saturated carbocycles. The molecule has 0 fully saturated rings. The Balaban J connectivity index is 1.81. The van der Waals surface area contributed by atoms with Gasteiger partial charge in [-0.3, -0.25) is 4.79 Å². The van der Waals surface area contributed by atoms with Crippen LogP contribution in [0.1, 0.15) is 67.8 Å². The van der Waals surface area contributed by atoms with Gasteiger partial charge in [0.05, 0.1) is 18.9 Å². The van der Waals surface area contributed by atoms with E-state index in [-0.39, 0.29) is 11.4 Å². The van der Waals surface area contributed by atoms with Crippen LogP contribution in [0.5, 0.6) is 5.75 Å². The lowest BCUT2D eigenvalue weighted by molar-refractivity contribution is 0.0977. The molecule has 1 aromatic carbocycles. The fraction of sp³-hybridized carbons (Fsp3) is 0.458. The number of aryl methyl sites for hydroxylation is 1. The van der Waals surface area contributed by atoms with E-state index in [1.165, 1.54) is 6.07 Å². The molecule has 3 aromatic rings. The van der Waals surface area contributed by atoms with Gasteiger partial charge in [0.2, 0.25) is 10.0 Å². The maximum Gasteiger partial charge on any atom is 0.283 e. The number of ether oxygens (including phenoxy) is 1. The summed E-state index contributed by atoms with van der Waals surface area (Å²) in [6, 6.07) is 8.72. The van der Waals surface area contributed by atoms with Crippen LogP contribution in [0.4, 0.5) is 0 Å². The molecule has 184 valence electrons. The molecule has 0 aliphatic carbocycles. The standard InChI is InChI=1S/C24H31ClN4O4S/c1-4-6-8-13-33-19-10-9-18(20(25)15-19)16-29-17(3)26-21-11-12-22(27-23(21)29)24(30)28-34(31,32)14-7-5-2/h9-12,15H,4-8,13-14,16H2,1-3H3,(H,28,30). The second-order valence-electron chi connectivity index (χ2n) is 8.20. The third-order valence-electron chi connectivity index (χ3n) is 5.40. The Morgan fingerprint density at radius 2 is 1.85 bits per heavy atom. The van der Waals surface area contributed by atoms with Gasteiger partial charge in [0.1, 0.15) is 22.8 Å². The number of benzene rings is 1. The molecular weight excluding hydrogens is 476 g/mol. The monoisotopic (exact) mass is 506 g/mol. The van der Waals surface area contributed by atoms with Crippen molar-refractivity contribution in [1.82, 2.24) is 19.3 Å². The predicted octanol–water partition coefficient (Wildman–Crippen LogP) is 4.87. The lowest BCUT2D eigenvalue weighted by Crippen LogP contribution is -2.33. The van der Waals surface area contributed by atoms with Crippen molar-refractivity contribution in [3.63, 3.8) is 0 Å². The highest BCUT2D eigenvalue weighted by molar-refractivity contribution is 7.90. The molecule has 10 heteroatoms. The number of unbranched alkanes of at least 4 members (excludes halogenated alkanes) is 3. The smallest absolute Gasteiger partial charge is 0.283 e. The molecule has 0 aliphatic rings. The summed E-state index contributed by atoms with van der Waals surface area (Å²) in [4.78, 5) is 21.5. The molecule has 0 atom stereocenters. The van der Waals surface area contributed by atoms with E-state index in [1.807, 2.05) is 30.5 Å². The molecule has 0 radical (unpaired) electrons. The number of nitrogens with zero attached hydrogens (tertiary/aromatic N) is 3. The number of sulfonamides is 1. The van der Waals surface area contributed by atoms with E-state index in [2.05, 4.69) is 21.6 Å². The van der Waals surface area contributed by atoms with Gasteiger partial charge < -0.3 is 9.30 Å². The number of hydrogen-bond donors (Lipinski definition) is 1. The molecule has 2 aromatic heterocycles. The number of amides is 1. The van der Waals surface area contributed by atoms with Crippen LogP contribution < -0.4 is 9.46 Å². The van der Waals surface area contributed by atoms with E-state index in [9.17, 15) is 13.2 Å². The highest BCUT2D eigenvalue weighted by Crippen LogP contribution is 2.25. The van der Waals surface area contributed by atoms with Crippen LogP contribution in [0.2, 0.25) is 5.02 Å². The molecule has 0 spiro atoms. The summed E-state index contributed by atoms with van der Waals surface area (Å²) >= 11 is 6.52. The first-order valence-electron chi connectivity index (χ1n) is 11.5. The first-order chi connectivity index (χ1) is 16.2. The van der Waals surface area contributed by atoms with Crippen LogP contribution in [-0.4, -0.2) is 41.2 Å². The number of hydrogen-bond acceptors (Lipinski definition) is 6. The van der Waals surface area contributed by atoms with Crippen LogP contribution in [0.3, 0.4) is 0 Å². The Kier molecular flexibility index (Phi) is 8.90. The molecule has 0 unspecified atom stereocenters. The van der Waals surface area contributed by atoms with Gasteiger partial charge in [0.25, 0.3) is 5.91 Å². The highest BCUT2D eigenvalue weighted by Gasteiger charge is 2.19. The van der Waals surface area contributed by atoms with Gasteiger partial charge in [-0.2, -0.15) is 0 Å². The number of fused-ring (bicyclic) bond motifs is 1. The average Bonchev–Trinajstić information content (AvgIpc) is 3.11. The van der Waals surface area contributed by atoms with Crippen molar-refractivity contribution in [2.45, 2.75) is 59.4 Å². The van der Waals surface area contributed by atoms with Crippen LogP contribution in [-0.2, 0) is 16.6 Å². The number of carbonyl (C=O) groups is 1. The maximum absolute atomic E-state index is 12.5. The molecule has 0 bridgehead atoms. The summed E-state index contributed by atoms with van der Waals surface area (Å²) in [6.45, 7) is 6.92. The Morgan fingerprint density at radius 3 is 2.56 bits per heavy atom. The normalized spacial score (nSPS) is 11.6. The summed E-state index contributed by atoms with van der Waals surface area (Å²) in [5, 5.41) is 0.560. The number of halogens is 1. The van der Waals surface area contributed by atoms with Crippen molar-refractivity contribution in [2.75, 3.05) is 12.4 Å². The molecule has 3 rings (SSSR count). The summed E-state index contributed by atoms with van der Waals surface area (Å²) < 4.78 is 33.9. The Bertz CT molecular complexity index is 1260. The quantitative estimate of drug-likeness (QED) is 0.351. The van der Waals surface area contributed by atoms with E-state index in [4.69, 9.17) is 16.3 Å². The van der Waals surface area contributed by atoms with Gasteiger partial charge >= 0.3 is 0 Å². The number of rotatable bonds is 12. The van der Waals surface area contributed by atoms with E-state index in [1.54, 1.807) is 12.1 Å². The fourth-order valence-electron chi connectivity index (χ4n) is 3.47. The SMILES string of the molecule is CCCCCOc1ccc(Cn2c(C)nc3ccc(C(=O)NS(=O)(=O)CCCC)nc32)c(Cl)c1. The lowest BCUT2D eigenvalue weighted by atomic mass is 10.2. The lowest BCUT2D eigenvalue weighted by Gasteiger charge is -2.11. The summed E-state index contributed by atoms with van der Waals surface area (Å²) in [5.41, 5.74) is 1.95. The number of carbonyl (C=O) groups excluding carboxylic acids is 1. The van der Waals surface area contributed by atoms with Crippen molar-refractivity contribution < 1.29 is 17.9 Å². The van der Waals surface area contributed by atoms with Crippen LogP contribution in [0.25, 0.3) is 11.2 Å². The van der Waals surface area contributed by atoms with Crippen LogP contribution >= 0.6 is 11.6 Å². The zero-order valence-electron chi connectivity index (χ0n) is 19.8. The van der Waals surface area contributed by atoms with E-state index < -0.39 is 15.9 Å². The minimum absolute atomic E-state index is 0.00986. The number of imidazole rings is 1. The van der Waals surface area contributed by atoms with Crippen molar-refractivity contribution in [3.05, 3.63) is 52.4 Å². The Hall–Kier alpha value is -2.65. The largest absolute Gasteiger partial charge is 0.494 e. The second-order valence-corrected chi connectivity index (χ2v) is 10.4. The summed E-state index contributed by atoms with van der Waals surface area (Å²) in [7, 11) is -3.71. The molecule has 1 N–H and O–H groups in total. The number of aromatic nitrogens is 3. The third-order valence-corrected chi connectivity index (χ3v) is 7.07. The van der Waals surface area contributed by atoms with Crippen molar-refractivity contribution in [1.29, 1.82) is 0 Å². The maximum atomic E-state index is 12.5. The van der Waals surface area contributed by atoms with Gasteiger partial charge in [-0.05, 0) is 49.6 Å². The molecule has 0 saturated heterocycles. The highest BCUT2D eigenvalue weighted by atomic mass is 35.5. The molecular formula is C24H31ClN4O4S. The minimum Gasteiger partial charge on any atom is -0.494 e. The number of nitrogens with one attached hydrogen (secondary N) is 1. The minimum atomic E-state index is -3.71. The zero-order valence-corrected chi connectivity index (χ0v) is 21.4. The van der Waals surface area contributed by atoms with Crippen LogP contribution in [0.15, 0.2) is 30.3 Å². The molecule has 8 nitrogen and oxygen atoms in total. The Morgan fingerprint density at radius 1 is 1.09 bits per heavy atom. The second kappa shape index (κ2) is 11.7. The first-order valence-corrected chi connectivity index (χ1v) is 13.6. The van der Waals surface area contributed by atoms with Gasteiger partial charge in [0.15, 0.2) is 5.65 Å².